The number of carbonyl (C=O) groups is 2. The number of rotatable bonds is 4. The first-order valence-corrected chi connectivity index (χ1v) is 8.25. The van der Waals surface area contributed by atoms with Crippen LogP contribution in [0, 0.1) is 5.92 Å². The molecule has 1 aliphatic heterocycles. The van der Waals surface area contributed by atoms with Gasteiger partial charge in [-0.1, -0.05) is 6.07 Å². The van der Waals surface area contributed by atoms with Gasteiger partial charge in [-0.2, -0.15) is 0 Å². The first-order valence-electron chi connectivity index (χ1n) is 7.37. The van der Waals surface area contributed by atoms with Gasteiger partial charge < -0.3 is 14.6 Å². The van der Waals surface area contributed by atoms with Crippen molar-refractivity contribution in [1.29, 1.82) is 0 Å². The predicted molar refractivity (Wildman–Crippen MR) is 83.5 cm³/mol. The molecule has 0 aromatic carbocycles. The van der Waals surface area contributed by atoms with Crippen molar-refractivity contribution in [3.05, 3.63) is 46.5 Å². The third-order valence-electron chi connectivity index (χ3n) is 3.90. The molecule has 22 heavy (non-hydrogen) atoms. The van der Waals surface area contributed by atoms with Crippen LogP contribution in [-0.2, 0) is 11.3 Å². The maximum Gasteiger partial charge on any atom is 0.289 e. The van der Waals surface area contributed by atoms with Crippen LogP contribution < -0.4 is 5.32 Å². The van der Waals surface area contributed by atoms with Crippen molar-refractivity contribution in [3.63, 3.8) is 0 Å². The Balaban J connectivity index is 1.47. The molecule has 0 radical (unpaired) electrons. The van der Waals surface area contributed by atoms with E-state index in [9.17, 15) is 9.59 Å². The second kappa shape index (κ2) is 6.79. The summed E-state index contributed by atoms with van der Waals surface area (Å²) in [5.74, 6) is 0.335. The standard InChI is InChI=1S/C16H18N2O3S/c19-15(17-11-13-3-2-10-22-13)12-5-7-18(8-6-12)16(20)14-4-1-9-21-14/h1-4,9-10,12H,5-8,11H2,(H,17,19). The largest absolute Gasteiger partial charge is 0.459 e. The maximum absolute atomic E-state index is 12.2. The summed E-state index contributed by atoms with van der Waals surface area (Å²) in [6.45, 7) is 1.77. The second-order valence-corrected chi connectivity index (χ2v) is 6.37. The van der Waals surface area contributed by atoms with E-state index < -0.39 is 0 Å². The van der Waals surface area contributed by atoms with Gasteiger partial charge in [0.15, 0.2) is 5.76 Å². The van der Waals surface area contributed by atoms with E-state index in [0.29, 0.717) is 38.2 Å². The van der Waals surface area contributed by atoms with Crippen molar-refractivity contribution in [2.45, 2.75) is 19.4 Å². The van der Waals surface area contributed by atoms with Gasteiger partial charge in [0.2, 0.25) is 5.91 Å². The van der Waals surface area contributed by atoms with Gasteiger partial charge in [-0.05, 0) is 36.4 Å². The fourth-order valence-electron chi connectivity index (χ4n) is 2.63. The van der Waals surface area contributed by atoms with Gasteiger partial charge in [-0.25, -0.2) is 0 Å². The highest BCUT2D eigenvalue weighted by atomic mass is 32.1. The Morgan fingerprint density at radius 2 is 2.09 bits per heavy atom. The molecule has 0 spiro atoms. The van der Waals surface area contributed by atoms with E-state index in [4.69, 9.17) is 4.42 Å². The number of hydrogen-bond donors (Lipinski definition) is 1. The van der Waals surface area contributed by atoms with Crippen LogP contribution in [0.25, 0.3) is 0 Å². The Hall–Kier alpha value is -2.08. The van der Waals surface area contributed by atoms with Gasteiger partial charge in [0, 0.05) is 23.9 Å². The predicted octanol–water partition coefficient (Wildman–Crippen LogP) is 2.51. The zero-order valence-corrected chi connectivity index (χ0v) is 13.0. The van der Waals surface area contributed by atoms with E-state index in [-0.39, 0.29) is 17.7 Å². The lowest BCUT2D eigenvalue weighted by atomic mass is 9.95. The minimum Gasteiger partial charge on any atom is -0.459 e. The lowest BCUT2D eigenvalue weighted by Gasteiger charge is -2.30. The van der Waals surface area contributed by atoms with Crippen molar-refractivity contribution in [1.82, 2.24) is 10.2 Å². The normalized spacial score (nSPS) is 15.7. The number of carbonyl (C=O) groups excluding carboxylic acids is 2. The molecule has 1 fully saturated rings. The van der Waals surface area contributed by atoms with E-state index in [2.05, 4.69) is 5.32 Å². The molecule has 5 nitrogen and oxygen atoms in total. The number of hydrogen-bond acceptors (Lipinski definition) is 4. The molecule has 1 N–H and O–H groups in total. The molecule has 2 aromatic rings. The number of thiophene rings is 1. The molecule has 3 rings (SSSR count). The van der Waals surface area contributed by atoms with Crippen molar-refractivity contribution < 1.29 is 14.0 Å². The van der Waals surface area contributed by atoms with E-state index in [1.165, 1.54) is 6.26 Å². The zero-order valence-electron chi connectivity index (χ0n) is 12.2. The molecular formula is C16H18N2O3S. The Morgan fingerprint density at radius 3 is 2.73 bits per heavy atom. The van der Waals surface area contributed by atoms with Crippen LogP contribution in [0.15, 0.2) is 40.3 Å². The number of nitrogens with zero attached hydrogens (tertiary/aromatic N) is 1. The zero-order chi connectivity index (χ0) is 15.4. The third-order valence-corrected chi connectivity index (χ3v) is 4.78. The quantitative estimate of drug-likeness (QED) is 0.942. The highest BCUT2D eigenvalue weighted by molar-refractivity contribution is 7.09. The van der Waals surface area contributed by atoms with Crippen molar-refractivity contribution in [2.24, 2.45) is 5.92 Å². The number of furan rings is 1. The highest BCUT2D eigenvalue weighted by Crippen LogP contribution is 2.20. The molecule has 1 saturated heterocycles. The summed E-state index contributed by atoms with van der Waals surface area (Å²) < 4.78 is 5.13. The molecule has 2 amide bonds. The topological polar surface area (TPSA) is 62.6 Å². The summed E-state index contributed by atoms with van der Waals surface area (Å²) in [6.07, 6.45) is 2.89. The van der Waals surface area contributed by atoms with Gasteiger partial charge in [-0.15, -0.1) is 11.3 Å². The molecule has 0 saturated carbocycles. The number of piperidine rings is 1. The molecular weight excluding hydrogens is 300 g/mol. The molecule has 0 atom stereocenters. The van der Waals surface area contributed by atoms with Gasteiger partial charge in [0.25, 0.3) is 5.91 Å². The van der Waals surface area contributed by atoms with Crippen LogP contribution >= 0.6 is 11.3 Å². The summed E-state index contributed by atoms with van der Waals surface area (Å²) in [7, 11) is 0. The van der Waals surface area contributed by atoms with Crippen molar-refractivity contribution in [3.8, 4) is 0 Å². The van der Waals surface area contributed by atoms with E-state index in [1.807, 2.05) is 17.5 Å². The molecule has 0 unspecified atom stereocenters. The minimum absolute atomic E-state index is 0.0133. The van der Waals surface area contributed by atoms with Gasteiger partial charge in [-0.3, -0.25) is 9.59 Å². The molecule has 116 valence electrons. The average molecular weight is 318 g/mol. The van der Waals surface area contributed by atoms with Crippen LogP contribution in [0.3, 0.4) is 0 Å². The van der Waals surface area contributed by atoms with Gasteiger partial charge in [0.05, 0.1) is 12.8 Å². The number of nitrogens with one attached hydrogen (secondary N) is 1. The Bertz CT molecular complexity index is 614. The average Bonchev–Trinajstić information content (AvgIpc) is 3.25. The molecule has 6 heteroatoms. The van der Waals surface area contributed by atoms with Crippen LogP contribution in [-0.4, -0.2) is 29.8 Å². The van der Waals surface area contributed by atoms with E-state index >= 15 is 0 Å². The lowest BCUT2D eigenvalue weighted by molar-refractivity contribution is -0.126. The highest BCUT2D eigenvalue weighted by Gasteiger charge is 2.28. The lowest BCUT2D eigenvalue weighted by Crippen LogP contribution is -2.42. The number of amides is 2. The fraction of sp³-hybridized carbons (Fsp3) is 0.375. The summed E-state index contributed by atoms with van der Waals surface area (Å²) in [4.78, 5) is 27.2. The summed E-state index contributed by atoms with van der Waals surface area (Å²) in [5.41, 5.74) is 0. The summed E-state index contributed by atoms with van der Waals surface area (Å²) in [6, 6.07) is 7.36. The molecule has 0 bridgehead atoms. The Labute approximate surface area is 132 Å². The van der Waals surface area contributed by atoms with Crippen LogP contribution in [0.5, 0.6) is 0 Å². The monoisotopic (exact) mass is 318 g/mol. The fourth-order valence-corrected chi connectivity index (χ4v) is 3.28. The van der Waals surface area contributed by atoms with E-state index in [0.717, 1.165) is 4.88 Å². The van der Waals surface area contributed by atoms with E-state index in [1.54, 1.807) is 28.4 Å². The van der Waals surface area contributed by atoms with Crippen molar-refractivity contribution >= 4 is 23.2 Å². The Morgan fingerprint density at radius 1 is 1.27 bits per heavy atom. The van der Waals surface area contributed by atoms with Gasteiger partial charge in [0.1, 0.15) is 0 Å². The van der Waals surface area contributed by atoms with Crippen molar-refractivity contribution in [2.75, 3.05) is 13.1 Å². The molecule has 0 aliphatic carbocycles. The maximum atomic E-state index is 12.2. The Kier molecular flexibility index (Phi) is 4.58. The molecule has 2 aromatic heterocycles. The van der Waals surface area contributed by atoms with Crippen LogP contribution in [0.4, 0.5) is 0 Å². The first-order chi connectivity index (χ1) is 10.7. The SMILES string of the molecule is O=C(NCc1cccs1)C1CCN(C(=O)c2ccco2)CC1. The minimum atomic E-state index is -0.0950. The summed E-state index contributed by atoms with van der Waals surface area (Å²) >= 11 is 1.64. The first kappa shape index (κ1) is 14.8. The second-order valence-electron chi connectivity index (χ2n) is 5.34. The molecule has 1 aliphatic rings. The smallest absolute Gasteiger partial charge is 0.289 e. The van der Waals surface area contributed by atoms with Gasteiger partial charge >= 0.3 is 0 Å². The van der Waals surface area contributed by atoms with Crippen LogP contribution in [0.2, 0.25) is 0 Å². The molecule has 3 heterocycles. The third kappa shape index (κ3) is 3.39. The summed E-state index contributed by atoms with van der Waals surface area (Å²) in [5, 5.41) is 4.98. The number of likely N-dealkylation sites (tertiary alicyclic amines) is 1. The van der Waals surface area contributed by atoms with Crippen LogP contribution in [0.1, 0.15) is 28.3 Å².